The van der Waals surface area contributed by atoms with Crippen molar-refractivity contribution < 1.29 is 9.15 Å². The molecule has 0 amide bonds. The topological polar surface area (TPSA) is 60.2 Å². The molecule has 0 aliphatic rings. The molecular weight excluding hydrogens is 298 g/mol. The van der Waals surface area contributed by atoms with Gasteiger partial charge in [0.1, 0.15) is 5.76 Å². The van der Waals surface area contributed by atoms with E-state index >= 15 is 0 Å². The smallest absolute Gasteiger partial charge is 0.316 e. The number of ether oxygens (including phenoxy) is 1. The molecule has 0 saturated carbocycles. The van der Waals surface area contributed by atoms with E-state index in [1.165, 1.54) is 0 Å². The zero-order valence-electron chi connectivity index (χ0n) is 10.2. The summed E-state index contributed by atoms with van der Waals surface area (Å²) < 4.78 is 11.2. The fourth-order valence-corrected chi connectivity index (χ4v) is 1.97. The fraction of sp³-hybridized carbons (Fsp3) is 0.333. The van der Waals surface area contributed by atoms with Gasteiger partial charge in [0.15, 0.2) is 4.67 Å². The summed E-state index contributed by atoms with van der Waals surface area (Å²) in [5.74, 6) is 0.817. The summed E-state index contributed by atoms with van der Waals surface area (Å²) in [7, 11) is 1.54. The summed E-state index contributed by atoms with van der Waals surface area (Å²) in [4.78, 5) is 8.21. The van der Waals surface area contributed by atoms with Gasteiger partial charge in [-0.25, -0.2) is 9.97 Å². The molecule has 2 rings (SSSR count). The Morgan fingerprint density at radius 2 is 2.11 bits per heavy atom. The van der Waals surface area contributed by atoms with Crippen LogP contribution in [0.2, 0.25) is 0 Å². The summed E-state index contributed by atoms with van der Waals surface area (Å²) in [6.45, 7) is 2.85. The molecule has 96 valence electrons. The van der Waals surface area contributed by atoms with Crippen LogP contribution in [0.25, 0.3) is 0 Å². The minimum atomic E-state index is -0.0628. The summed E-state index contributed by atoms with van der Waals surface area (Å²) in [6, 6.07) is 4.08. The molecule has 1 N–H and O–H groups in total. The summed E-state index contributed by atoms with van der Waals surface area (Å²) in [5.41, 5.74) is 0.930. The highest BCUT2D eigenvalue weighted by Gasteiger charge is 2.17. The Kier molecular flexibility index (Phi) is 4.33. The van der Waals surface area contributed by atoms with E-state index in [-0.39, 0.29) is 6.04 Å². The van der Waals surface area contributed by atoms with Gasteiger partial charge in [-0.05, 0) is 34.6 Å². The van der Waals surface area contributed by atoms with Crippen LogP contribution in [0, 0.1) is 0 Å². The lowest BCUT2D eigenvalue weighted by Gasteiger charge is -2.15. The Labute approximate surface area is 114 Å². The van der Waals surface area contributed by atoms with Crippen molar-refractivity contribution in [1.82, 2.24) is 15.3 Å². The van der Waals surface area contributed by atoms with Gasteiger partial charge in [0.2, 0.25) is 0 Å². The molecule has 2 aromatic heterocycles. The Morgan fingerprint density at radius 1 is 1.39 bits per heavy atom. The van der Waals surface area contributed by atoms with Crippen molar-refractivity contribution in [3.8, 4) is 6.01 Å². The summed E-state index contributed by atoms with van der Waals surface area (Å²) in [6.07, 6.45) is 3.46. The predicted octanol–water partition coefficient (Wildman–Crippen LogP) is 2.54. The van der Waals surface area contributed by atoms with Gasteiger partial charge in [0.05, 0.1) is 13.2 Å². The second-order valence-electron chi connectivity index (χ2n) is 3.64. The average molecular weight is 312 g/mol. The zero-order valence-corrected chi connectivity index (χ0v) is 11.8. The molecular formula is C12H14BrN3O2. The molecule has 0 bridgehead atoms. The Bertz CT molecular complexity index is 498. The third kappa shape index (κ3) is 2.88. The van der Waals surface area contributed by atoms with Gasteiger partial charge in [0, 0.05) is 18.0 Å². The number of nitrogens with one attached hydrogen (secondary N) is 1. The molecule has 18 heavy (non-hydrogen) atoms. The van der Waals surface area contributed by atoms with Crippen molar-refractivity contribution >= 4 is 15.9 Å². The Morgan fingerprint density at radius 3 is 2.61 bits per heavy atom. The van der Waals surface area contributed by atoms with Gasteiger partial charge >= 0.3 is 6.01 Å². The maximum Gasteiger partial charge on any atom is 0.316 e. The normalized spacial score (nSPS) is 12.4. The molecule has 5 nitrogen and oxygen atoms in total. The van der Waals surface area contributed by atoms with Gasteiger partial charge in [-0.3, -0.25) is 0 Å². The van der Waals surface area contributed by atoms with Crippen LogP contribution < -0.4 is 10.1 Å². The van der Waals surface area contributed by atoms with Crippen LogP contribution in [0.3, 0.4) is 0 Å². The van der Waals surface area contributed by atoms with Crippen LogP contribution >= 0.6 is 15.9 Å². The lowest BCUT2D eigenvalue weighted by molar-refractivity contribution is 0.377. The summed E-state index contributed by atoms with van der Waals surface area (Å²) in [5, 5.41) is 3.33. The number of halogens is 1. The Hall–Kier alpha value is -1.40. The van der Waals surface area contributed by atoms with Crippen LogP contribution in [0.15, 0.2) is 33.6 Å². The largest absolute Gasteiger partial charge is 0.467 e. The highest BCUT2D eigenvalue weighted by Crippen LogP contribution is 2.25. The SMILES string of the molecule is CCNC(c1cnc(OC)nc1)c1ccc(Br)o1. The molecule has 0 aromatic carbocycles. The number of nitrogens with zero attached hydrogens (tertiary/aromatic N) is 2. The second-order valence-corrected chi connectivity index (χ2v) is 4.42. The maximum absolute atomic E-state index is 5.58. The maximum atomic E-state index is 5.58. The van der Waals surface area contributed by atoms with Crippen LogP contribution in [-0.4, -0.2) is 23.6 Å². The van der Waals surface area contributed by atoms with E-state index in [1.54, 1.807) is 19.5 Å². The van der Waals surface area contributed by atoms with Gasteiger partial charge in [0.25, 0.3) is 0 Å². The van der Waals surface area contributed by atoms with Crippen molar-refractivity contribution in [2.45, 2.75) is 13.0 Å². The van der Waals surface area contributed by atoms with Crippen molar-refractivity contribution in [3.05, 3.63) is 40.5 Å². The molecule has 0 saturated heterocycles. The van der Waals surface area contributed by atoms with E-state index in [0.29, 0.717) is 10.7 Å². The second kappa shape index (κ2) is 5.97. The number of furan rings is 1. The quantitative estimate of drug-likeness (QED) is 0.919. The van der Waals surface area contributed by atoms with Gasteiger partial charge in [-0.15, -0.1) is 0 Å². The van der Waals surface area contributed by atoms with E-state index in [1.807, 2.05) is 19.1 Å². The lowest BCUT2D eigenvalue weighted by atomic mass is 10.1. The highest BCUT2D eigenvalue weighted by molar-refractivity contribution is 9.10. The monoisotopic (exact) mass is 311 g/mol. The lowest BCUT2D eigenvalue weighted by Crippen LogP contribution is -2.21. The van der Waals surface area contributed by atoms with Crippen molar-refractivity contribution in [1.29, 1.82) is 0 Å². The van der Waals surface area contributed by atoms with E-state index in [9.17, 15) is 0 Å². The van der Waals surface area contributed by atoms with Crippen LogP contribution in [-0.2, 0) is 0 Å². The molecule has 0 aliphatic carbocycles. The number of hydrogen-bond donors (Lipinski definition) is 1. The number of aromatic nitrogens is 2. The first-order chi connectivity index (χ1) is 8.74. The molecule has 2 heterocycles. The van der Waals surface area contributed by atoms with E-state index < -0.39 is 0 Å². The zero-order chi connectivity index (χ0) is 13.0. The minimum Gasteiger partial charge on any atom is -0.467 e. The number of methoxy groups -OCH3 is 1. The molecule has 0 spiro atoms. The summed E-state index contributed by atoms with van der Waals surface area (Å²) >= 11 is 3.30. The third-order valence-electron chi connectivity index (χ3n) is 2.45. The molecule has 2 aromatic rings. The standard InChI is InChI=1S/C12H14BrN3O2/c1-3-14-11(9-4-5-10(13)18-9)8-6-15-12(17-2)16-7-8/h4-7,11,14H,3H2,1-2H3. The minimum absolute atomic E-state index is 0.0628. The predicted molar refractivity (Wildman–Crippen MR) is 70.5 cm³/mol. The first-order valence-electron chi connectivity index (χ1n) is 5.59. The van der Waals surface area contributed by atoms with Gasteiger partial charge in [-0.2, -0.15) is 0 Å². The molecule has 6 heteroatoms. The van der Waals surface area contributed by atoms with Crippen LogP contribution in [0.4, 0.5) is 0 Å². The van der Waals surface area contributed by atoms with Crippen molar-refractivity contribution in [3.63, 3.8) is 0 Å². The van der Waals surface area contributed by atoms with Gasteiger partial charge < -0.3 is 14.5 Å². The van der Waals surface area contributed by atoms with Crippen molar-refractivity contribution in [2.75, 3.05) is 13.7 Å². The molecule has 0 fully saturated rings. The van der Waals surface area contributed by atoms with E-state index in [4.69, 9.17) is 9.15 Å². The number of hydrogen-bond acceptors (Lipinski definition) is 5. The van der Waals surface area contributed by atoms with E-state index in [0.717, 1.165) is 17.9 Å². The Balaban J connectivity index is 2.28. The van der Waals surface area contributed by atoms with E-state index in [2.05, 4.69) is 31.2 Å². The molecule has 1 unspecified atom stereocenters. The fourth-order valence-electron chi connectivity index (χ4n) is 1.65. The number of rotatable bonds is 5. The third-order valence-corrected chi connectivity index (χ3v) is 2.88. The molecule has 0 aliphatic heterocycles. The van der Waals surface area contributed by atoms with Crippen LogP contribution in [0.5, 0.6) is 6.01 Å². The molecule has 0 radical (unpaired) electrons. The van der Waals surface area contributed by atoms with Gasteiger partial charge in [-0.1, -0.05) is 6.92 Å². The first kappa shape index (κ1) is 13.0. The van der Waals surface area contributed by atoms with Crippen molar-refractivity contribution in [2.24, 2.45) is 0 Å². The first-order valence-corrected chi connectivity index (χ1v) is 6.38. The molecule has 1 atom stereocenters. The highest BCUT2D eigenvalue weighted by atomic mass is 79.9. The van der Waals surface area contributed by atoms with Crippen LogP contribution in [0.1, 0.15) is 24.3 Å². The average Bonchev–Trinajstić information content (AvgIpc) is 2.82.